The molecule has 0 aliphatic heterocycles. The smallest absolute Gasteiger partial charge is 0.233 e. The second-order valence-electron chi connectivity index (χ2n) is 9.34. The fraction of sp³-hybridized carbons (Fsp3) is 0.440. The number of aryl methyl sites for hydroxylation is 2. The molecule has 0 radical (unpaired) electrons. The standard InChI is InChI=1S/C25H33ClN8O3S/c1-33(12-13-35)20-8-5-17-4-7-19(14-18(17)6-9-20)31-25-30-15-21(26)23(32-25)29-16-22-24(28-11-10-27-22)34(2)38(3,36)37/h4,7,10-11,14-15,20,35H,5-6,8-9,12-13,16H2,1-3H3,(H2,29,30,31,32)/t20-/m1/s1. The van der Waals surface area contributed by atoms with Crippen LogP contribution in [0.3, 0.4) is 0 Å². The van der Waals surface area contributed by atoms with Crippen molar-refractivity contribution in [2.45, 2.75) is 38.3 Å². The molecule has 0 spiro atoms. The van der Waals surface area contributed by atoms with E-state index >= 15 is 0 Å². The summed E-state index contributed by atoms with van der Waals surface area (Å²) in [5.74, 6) is 0.978. The van der Waals surface area contributed by atoms with Gasteiger partial charge < -0.3 is 20.6 Å². The zero-order chi connectivity index (χ0) is 27.3. The summed E-state index contributed by atoms with van der Waals surface area (Å²) in [5, 5.41) is 16.0. The third kappa shape index (κ3) is 6.87. The lowest BCUT2D eigenvalue weighted by atomic mass is 10.0. The van der Waals surface area contributed by atoms with E-state index in [1.807, 2.05) is 6.07 Å². The third-order valence-corrected chi connectivity index (χ3v) is 8.19. The van der Waals surface area contributed by atoms with Crippen molar-refractivity contribution in [3.63, 3.8) is 0 Å². The van der Waals surface area contributed by atoms with Crippen LogP contribution in [-0.2, 0) is 29.4 Å². The first-order chi connectivity index (χ1) is 18.2. The molecule has 4 rings (SSSR count). The molecule has 3 aromatic rings. The van der Waals surface area contributed by atoms with E-state index in [1.54, 1.807) is 0 Å². The second kappa shape index (κ2) is 12.2. The minimum absolute atomic E-state index is 0.157. The lowest BCUT2D eigenvalue weighted by molar-refractivity contribution is 0.169. The molecule has 0 saturated carbocycles. The van der Waals surface area contributed by atoms with Crippen molar-refractivity contribution in [3.05, 3.63) is 58.6 Å². The maximum atomic E-state index is 12.0. The molecule has 1 aliphatic carbocycles. The predicted molar refractivity (Wildman–Crippen MR) is 150 cm³/mol. The average molecular weight is 561 g/mol. The molecule has 2 heterocycles. The quantitative estimate of drug-likeness (QED) is 0.317. The molecule has 1 aliphatic rings. The summed E-state index contributed by atoms with van der Waals surface area (Å²) in [6.45, 7) is 1.01. The minimum Gasteiger partial charge on any atom is -0.395 e. The summed E-state index contributed by atoms with van der Waals surface area (Å²) in [5.41, 5.74) is 3.95. The first-order valence-corrected chi connectivity index (χ1v) is 14.6. The van der Waals surface area contributed by atoms with E-state index < -0.39 is 10.0 Å². The van der Waals surface area contributed by atoms with Crippen LogP contribution >= 0.6 is 11.6 Å². The van der Waals surface area contributed by atoms with E-state index in [-0.39, 0.29) is 19.0 Å². The molecule has 0 amide bonds. The molecular formula is C25H33ClN8O3S. The van der Waals surface area contributed by atoms with E-state index in [9.17, 15) is 13.5 Å². The average Bonchev–Trinajstić information content (AvgIpc) is 3.11. The highest BCUT2D eigenvalue weighted by molar-refractivity contribution is 7.92. The van der Waals surface area contributed by atoms with Crippen LogP contribution < -0.4 is 14.9 Å². The number of aliphatic hydroxyl groups excluding tert-OH is 1. The number of nitrogens with zero attached hydrogens (tertiary/aromatic N) is 6. The van der Waals surface area contributed by atoms with Gasteiger partial charge in [-0.2, -0.15) is 4.98 Å². The SMILES string of the molecule is CN(CCO)[C@@H]1CCc2ccc(Nc3ncc(Cl)c(NCc4nccnc4N(C)S(C)(=O)=O)n3)cc2CC1. The normalized spacial score (nSPS) is 15.6. The van der Waals surface area contributed by atoms with Gasteiger partial charge >= 0.3 is 0 Å². The van der Waals surface area contributed by atoms with Gasteiger partial charge in [-0.05, 0) is 56.0 Å². The molecule has 38 heavy (non-hydrogen) atoms. The van der Waals surface area contributed by atoms with Crippen molar-refractivity contribution in [2.24, 2.45) is 0 Å². The van der Waals surface area contributed by atoms with E-state index in [4.69, 9.17) is 11.6 Å². The van der Waals surface area contributed by atoms with Crippen LogP contribution in [0, 0.1) is 0 Å². The number of rotatable bonds is 10. The zero-order valence-electron chi connectivity index (χ0n) is 21.7. The van der Waals surface area contributed by atoms with Crippen molar-refractivity contribution in [3.8, 4) is 0 Å². The van der Waals surface area contributed by atoms with Crippen LogP contribution in [0.1, 0.15) is 29.7 Å². The number of fused-ring (bicyclic) bond motifs is 1. The summed E-state index contributed by atoms with van der Waals surface area (Å²) in [4.78, 5) is 19.5. The van der Waals surface area contributed by atoms with Gasteiger partial charge in [0, 0.05) is 37.7 Å². The first-order valence-electron chi connectivity index (χ1n) is 12.4. The molecule has 3 N–H and O–H groups in total. The van der Waals surface area contributed by atoms with Gasteiger partial charge in [0.2, 0.25) is 16.0 Å². The Bertz CT molecular complexity index is 1370. The van der Waals surface area contributed by atoms with Gasteiger partial charge in [-0.3, -0.25) is 9.29 Å². The van der Waals surface area contributed by atoms with E-state index in [0.29, 0.717) is 35.1 Å². The number of anilines is 4. The molecule has 0 saturated heterocycles. The van der Waals surface area contributed by atoms with Crippen molar-refractivity contribution in [1.29, 1.82) is 0 Å². The molecule has 204 valence electrons. The van der Waals surface area contributed by atoms with Gasteiger partial charge in [0.25, 0.3) is 0 Å². The van der Waals surface area contributed by atoms with Gasteiger partial charge in [0.05, 0.1) is 25.6 Å². The van der Waals surface area contributed by atoms with Crippen LogP contribution in [0.15, 0.2) is 36.8 Å². The fourth-order valence-electron chi connectivity index (χ4n) is 4.50. The Morgan fingerprint density at radius 1 is 1.11 bits per heavy atom. The highest BCUT2D eigenvalue weighted by Gasteiger charge is 2.21. The Morgan fingerprint density at radius 3 is 2.58 bits per heavy atom. The summed E-state index contributed by atoms with van der Waals surface area (Å²) >= 11 is 6.34. The molecule has 0 unspecified atom stereocenters. The first kappa shape index (κ1) is 28.0. The third-order valence-electron chi connectivity index (χ3n) is 6.75. The molecule has 0 bridgehead atoms. The number of nitrogens with one attached hydrogen (secondary N) is 2. The highest BCUT2D eigenvalue weighted by atomic mass is 35.5. The Kier molecular flexibility index (Phi) is 8.98. The number of hydrogen-bond donors (Lipinski definition) is 3. The lowest BCUT2D eigenvalue weighted by Gasteiger charge is -2.26. The van der Waals surface area contributed by atoms with Crippen molar-refractivity contribution >= 4 is 44.9 Å². The number of halogens is 1. The highest BCUT2D eigenvalue weighted by Crippen LogP contribution is 2.28. The molecule has 2 aromatic heterocycles. The number of aromatic nitrogens is 4. The second-order valence-corrected chi connectivity index (χ2v) is 11.8. The number of hydrogen-bond acceptors (Lipinski definition) is 10. The Labute approximate surface area is 228 Å². The Morgan fingerprint density at radius 2 is 1.84 bits per heavy atom. The Hall–Kier alpha value is -3.06. The van der Waals surface area contributed by atoms with Crippen LogP contribution in [0.2, 0.25) is 5.02 Å². The topological polar surface area (TPSA) is 136 Å². The Balaban J connectivity index is 1.46. The van der Waals surface area contributed by atoms with Gasteiger partial charge in [0.15, 0.2) is 11.6 Å². The van der Waals surface area contributed by atoms with Gasteiger partial charge in [-0.25, -0.2) is 18.4 Å². The summed E-state index contributed by atoms with van der Waals surface area (Å²) in [7, 11) is -0.00194. The number of likely N-dealkylation sites (N-methyl/N-ethyl adjacent to an activating group) is 1. The number of sulfonamides is 1. The fourth-order valence-corrected chi connectivity index (χ4v) is 5.13. The lowest BCUT2D eigenvalue weighted by Crippen LogP contribution is -2.34. The van der Waals surface area contributed by atoms with E-state index in [0.717, 1.165) is 41.9 Å². The van der Waals surface area contributed by atoms with Crippen LogP contribution in [0.25, 0.3) is 0 Å². The molecule has 1 atom stereocenters. The molecule has 13 heteroatoms. The largest absolute Gasteiger partial charge is 0.395 e. The van der Waals surface area contributed by atoms with Crippen molar-refractivity contribution in [2.75, 3.05) is 48.4 Å². The zero-order valence-corrected chi connectivity index (χ0v) is 23.3. The van der Waals surface area contributed by atoms with E-state index in [2.05, 4.69) is 54.6 Å². The molecule has 11 nitrogen and oxygen atoms in total. The van der Waals surface area contributed by atoms with Gasteiger partial charge in [-0.15, -0.1) is 0 Å². The van der Waals surface area contributed by atoms with Crippen LogP contribution in [0.4, 0.5) is 23.3 Å². The molecule has 1 aromatic carbocycles. The van der Waals surface area contributed by atoms with Crippen molar-refractivity contribution < 1.29 is 13.5 Å². The van der Waals surface area contributed by atoms with Crippen molar-refractivity contribution in [1.82, 2.24) is 24.8 Å². The van der Waals surface area contributed by atoms with Gasteiger partial charge in [0.1, 0.15) is 10.7 Å². The summed E-state index contributed by atoms with van der Waals surface area (Å²) in [6, 6.07) is 6.76. The maximum Gasteiger partial charge on any atom is 0.233 e. The number of benzene rings is 1. The monoisotopic (exact) mass is 560 g/mol. The summed E-state index contributed by atoms with van der Waals surface area (Å²) < 4.78 is 25.1. The minimum atomic E-state index is -3.50. The van der Waals surface area contributed by atoms with Crippen LogP contribution in [0.5, 0.6) is 0 Å². The predicted octanol–water partition coefficient (Wildman–Crippen LogP) is 2.84. The summed E-state index contributed by atoms with van der Waals surface area (Å²) in [6.07, 6.45) is 9.61. The maximum absolute atomic E-state index is 12.0. The van der Waals surface area contributed by atoms with E-state index in [1.165, 1.54) is 36.8 Å². The van der Waals surface area contributed by atoms with Crippen LogP contribution in [-0.4, -0.2) is 77.9 Å². The van der Waals surface area contributed by atoms with Gasteiger partial charge in [-0.1, -0.05) is 17.7 Å². The molecule has 0 fully saturated rings. The number of aliphatic hydroxyl groups is 1. The molecular weight excluding hydrogens is 528 g/mol.